The number of nitrogens with zero attached hydrogens (tertiary/aromatic N) is 4. The zero-order chi connectivity index (χ0) is 25.0. The molecule has 2 aromatic carbocycles. The van der Waals surface area contributed by atoms with Gasteiger partial charge in [0.25, 0.3) is 0 Å². The van der Waals surface area contributed by atoms with Gasteiger partial charge in [-0.05, 0) is 18.6 Å². The Labute approximate surface area is 199 Å². The molecule has 0 radical (unpaired) electrons. The predicted octanol–water partition coefficient (Wildman–Crippen LogP) is 3.85. The summed E-state index contributed by atoms with van der Waals surface area (Å²) >= 11 is 4.14. The molecular formula is C22H22F2N4O5S. The molecule has 0 bridgehead atoms. The maximum Gasteiger partial charge on any atom is 0.341 e. The van der Waals surface area contributed by atoms with Crippen LogP contribution in [-0.2, 0) is 16.2 Å². The molecule has 0 aromatic heterocycles. The van der Waals surface area contributed by atoms with E-state index in [0.29, 0.717) is 11.0 Å². The molecule has 1 saturated heterocycles. The highest BCUT2D eigenvalue weighted by Gasteiger charge is 2.41. The molecule has 4 amide bonds. The number of halogens is 2. The van der Waals surface area contributed by atoms with Crippen LogP contribution in [0.1, 0.15) is 22.8 Å². The number of carbonyl (C=O) groups is 3. The fraction of sp³-hybridized carbons (Fsp3) is 0.273. The lowest BCUT2D eigenvalue weighted by atomic mass is 10.1. The third-order valence-electron chi connectivity index (χ3n) is 4.88. The summed E-state index contributed by atoms with van der Waals surface area (Å²) < 4.78 is 33.9. The van der Waals surface area contributed by atoms with Crippen molar-refractivity contribution >= 4 is 42.1 Å². The van der Waals surface area contributed by atoms with Gasteiger partial charge in [-0.1, -0.05) is 35.5 Å². The maximum absolute atomic E-state index is 14.5. The van der Waals surface area contributed by atoms with Crippen molar-refractivity contribution in [1.82, 2.24) is 9.80 Å². The first-order valence-corrected chi connectivity index (χ1v) is 10.5. The van der Waals surface area contributed by atoms with Crippen LogP contribution in [0.2, 0.25) is 0 Å². The molecule has 0 spiro atoms. The summed E-state index contributed by atoms with van der Waals surface area (Å²) in [5.41, 5.74) is -0.960. The van der Waals surface area contributed by atoms with Gasteiger partial charge in [-0.2, -0.15) is 0 Å². The zero-order valence-corrected chi connectivity index (χ0v) is 19.5. The first-order valence-electron chi connectivity index (χ1n) is 9.99. The van der Waals surface area contributed by atoms with Gasteiger partial charge < -0.3 is 9.57 Å². The molecule has 0 unspecified atom stereocenters. The normalized spacial score (nSPS) is 15.1. The van der Waals surface area contributed by atoms with Gasteiger partial charge in [0.05, 0.1) is 17.0 Å². The predicted molar refractivity (Wildman–Crippen MR) is 123 cm³/mol. The van der Waals surface area contributed by atoms with E-state index in [2.05, 4.69) is 17.8 Å². The Bertz CT molecular complexity index is 1110. The van der Waals surface area contributed by atoms with Crippen molar-refractivity contribution in [3.05, 3.63) is 65.2 Å². The number of thiol groups is 1. The monoisotopic (exact) mass is 492 g/mol. The summed E-state index contributed by atoms with van der Waals surface area (Å²) in [5.74, 6) is -3.56. The van der Waals surface area contributed by atoms with E-state index in [-0.39, 0.29) is 18.9 Å². The van der Waals surface area contributed by atoms with Gasteiger partial charge in [-0.25, -0.2) is 28.1 Å². The second-order valence-corrected chi connectivity index (χ2v) is 7.88. The number of hydrogen-bond acceptors (Lipinski definition) is 7. The second-order valence-electron chi connectivity index (χ2n) is 7.41. The number of amides is 4. The van der Waals surface area contributed by atoms with Crippen LogP contribution in [0.3, 0.4) is 0 Å². The van der Waals surface area contributed by atoms with E-state index in [1.54, 1.807) is 0 Å². The highest BCUT2D eigenvalue weighted by atomic mass is 32.1. The Balaban J connectivity index is 1.73. The number of anilines is 1. The van der Waals surface area contributed by atoms with E-state index in [1.807, 2.05) is 30.3 Å². The molecule has 0 atom stereocenters. The minimum Gasteiger partial charge on any atom is -0.456 e. The molecule has 12 heteroatoms. The van der Waals surface area contributed by atoms with Crippen LogP contribution >= 0.6 is 12.6 Å². The van der Waals surface area contributed by atoms with Crippen LogP contribution in [0.15, 0.2) is 47.6 Å². The van der Waals surface area contributed by atoms with Crippen LogP contribution in [-0.4, -0.2) is 59.7 Å². The van der Waals surface area contributed by atoms with Crippen LogP contribution in [0.4, 0.5) is 24.1 Å². The Morgan fingerprint density at radius 1 is 1.06 bits per heavy atom. The molecule has 1 aliphatic heterocycles. The van der Waals surface area contributed by atoms with Gasteiger partial charge in [0.15, 0.2) is 11.3 Å². The molecule has 0 N–H and O–H groups in total. The van der Waals surface area contributed by atoms with Crippen molar-refractivity contribution in [3.8, 4) is 0 Å². The van der Waals surface area contributed by atoms with Crippen molar-refractivity contribution in [3.63, 3.8) is 0 Å². The number of rotatable bonds is 7. The summed E-state index contributed by atoms with van der Waals surface area (Å²) in [6.07, 6.45) is 0. The maximum atomic E-state index is 14.5. The quantitative estimate of drug-likeness (QED) is 0.274. The average Bonchev–Trinajstić information content (AvgIpc) is 2.82. The van der Waals surface area contributed by atoms with E-state index in [1.165, 1.54) is 21.0 Å². The van der Waals surface area contributed by atoms with Gasteiger partial charge in [0, 0.05) is 20.2 Å². The van der Waals surface area contributed by atoms with E-state index in [4.69, 9.17) is 9.57 Å². The number of oxime groups is 1. The van der Waals surface area contributed by atoms with Crippen molar-refractivity contribution in [2.24, 2.45) is 5.16 Å². The fourth-order valence-corrected chi connectivity index (χ4v) is 3.19. The van der Waals surface area contributed by atoms with Gasteiger partial charge in [0.2, 0.25) is 0 Å². The molecule has 180 valence electrons. The Morgan fingerprint density at radius 2 is 1.68 bits per heavy atom. The lowest BCUT2D eigenvalue weighted by Crippen LogP contribution is -2.62. The Kier molecular flexibility index (Phi) is 7.72. The molecule has 1 aliphatic rings. The molecule has 0 saturated carbocycles. The first-order chi connectivity index (χ1) is 16.1. The van der Waals surface area contributed by atoms with Crippen LogP contribution in [0.5, 0.6) is 0 Å². The van der Waals surface area contributed by atoms with E-state index < -0.39 is 46.4 Å². The van der Waals surface area contributed by atoms with Crippen LogP contribution in [0.25, 0.3) is 0 Å². The number of ether oxygens (including phenoxy) is 1. The minimum absolute atomic E-state index is 0.204. The Hall–Kier alpha value is -3.67. The van der Waals surface area contributed by atoms with Gasteiger partial charge in [0.1, 0.15) is 19.0 Å². The third-order valence-corrected chi connectivity index (χ3v) is 5.58. The largest absolute Gasteiger partial charge is 0.456 e. The average molecular weight is 493 g/mol. The summed E-state index contributed by atoms with van der Waals surface area (Å²) in [6, 6.07) is 8.62. The van der Waals surface area contributed by atoms with Gasteiger partial charge in [-0.3, -0.25) is 9.80 Å². The fourth-order valence-electron chi connectivity index (χ4n) is 2.99. The molecule has 9 nitrogen and oxygen atoms in total. The van der Waals surface area contributed by atoms with Crippen LogP contribution in [0, 0.1) is 11.6 Å². The SMILES string of the molecule is CC(COC(=O)c1cc(N2C(=O)N(C)C(S)N(C)C2=O)c(F)cc1F)=NOCc1ccccc1. The smallest absolute Gasteiger partial charge is 0.341 e. The first kappa shape index (κ1) is 25.0. The highest BCUT2D eigenvalue weighted by Crippen LogP contribution is 2.29. The number of urea groups is 2. The summed E-state index contributed by atoms with van der Waals surface area (Å²) in [7, 11) is 2.71. The second kappa shape index (κ2) is 10.5. The summed E-state index contributed by atoms with van der Waals surface area (Å²) in [4.78, 5) is 45.4. The van der Waals surface area contributed by atoms with E-state index in [0.717, 1.165) is 21.4 Å². The molecule has 34 heavy (non-hydrogen) atoms. The van der Waals surface area contributed by atoms with E-state index in [9.17, 15) is 23.2 Å². The number of benzene rings is 2. The van der Waals surface area contributed by atoms with Crippen molar-refractivity contribution in [2.45, 2.75) is 19.0 Å². The minimum atomic E-state index is -1.22. The number of hydrogen-bond donors (Lipinski definition) is 1. The topological polar surface area (TPSA) is 91.8 Å². The van der Waals surface area contributed by atoms with E-state index >= 15 is 0 Å². The van der Waals surface area contributed by atoms with Gasteiger partial charge >= 0.3 is 18.0 Å². The molecule has 2 aromatic rings. The van der Waals surface area contributed by atoms with Crippen molar-refractivity contribution in [2.75, 3.05) is 25.6 Å². The molecule has 1 fully saturated rings. The van der Waals surface area contributed by atoms with Crippen molar-refractivity contribution in [1.29, 1.82) is 0 Å². The molecule has 1 heterocycles. The van der Waals surface area contributed by atoms with Crippen LogP contribution < -0.4 is 4.90 Å². The van der Waals surface area contributed by atoms with Gasteiger partial charge in [-0.15, -0.1) is 12.6 Å². The van der Waals surface area contributed by atoms with Crippen molar-refractivity contribution < 1.29 is 32.7 Å². The standard InChI is InChI=1S/C22H22F2N4O5S/c1-13(25-33-12-14-7-5-4-6-8-14)11-32-19(29)15-9-18(17(24)10-16(15)23)28-20(30)26(2)22(34)27(3)21(28)31/h4-10,22,34H,11-12H2,1-3H3. The summed E-state index contributed by atoms with van der Waals surface area (Å²) in [6.45, 7) is 1.42. The lowest BCUT2D eigenvalue weighted by molar-refractivity contribution is 0.0550. The Morgan fingerprint density at radius 3 is 2.29 bits per heavy atom. The summed E-state index contributed by atoms with van der Waals surface area (Å²) in [5, 5.41) is 3.83. The molecule has 3 rings (SSSR count). The lowest BCUT2D eigenvalue weighted by Gasteiger charge is -2.41. The number of esters is 1. The molecular weight excluding hydrogens is 470 g/mol. The number of carbonyl (C=O) groups excluding carboxylic acids is 3. The molecule has 0 aliphatic carbocycles. The highest BCUT2D eigenvalue weighted by molar-refractivity contribution is 7.80. The zero-order valence-electron chi connectivity index (χ0n) is 18.6. The third kappa shape index (κ3) is 5.28. The number of imide groups is 1.